The van der Waals surface area contributed by atoms with Crippen LogP contribution in [-0.4, -0.2) is 21.4 Å². The van der Waals surface area contributed by atoms with Crippen LogP contribution >= 0.6 is 15.9 Å². The minimum Gasteiger partial charge on any atom is -0.492 e. The molecule has 2 aromatic carbocycles. The largest absolute Gasteiger partial charge is 0.492 e. The van der Waals surface area contributed by atoms with Gasteiger partial charge >= 0.3 is 0 Å². The van der Waals surface area contributed by atoms with E-state index < -0.39 is 0 Å². The minimum atomic E-state index is 0.546. The van der Waals surface area contributed by atoms with Crippen molar-refractivity contribution >= 4 is 15.9 Å². The Balaban J connectivity index is 1.69. The van der Waals surface area contributed by atoms with E-state index >= 15 is 0 Å². The fourth-order valence-corrected chi connectivity index (χ4v) is 2.46. The number of hydrogen-bond donors (Lipinski definition) is 0. The third-order valence-corrected chi connectivity index (χ3v) is 3.72. The van der Waals surface area contributed by atoms with E-state index in [1.165, 1.54) is 0 Å². The third kappa shape index (κ3) is 3.54. The Hall–Kier alpha value is -2.14. The minimum absolute atomic E-state index is 0.546. The lowest BCUT2D eigenvalue weighted by Gasteiger charge is -2.08. The molecule has 5 heteroatoms. The van der Waals surface area contributed by atoms with Crippen molar-refractivity contribution in [3.8, 4) is 17.1 Å². The molecule has 0 saturated heterocycles. The molecule has 0 saturated carbocycles. The Kier molecular flexibility index (Phi) is 4.53. The van der Waals surface area contributed by atoms with Gasteiger partial charge in [-0.05, 0) is 31.2 Å². The SMILES string of the molecule is Cc1nc(-c2ccccc2)n(CCOc2ccc(Br)cc2)n1. The fraction of sp³-hybridized carbons (Fsp3) is 0.176. The van der Waals surface area contributed by atoms with E-state index in [4.69, 9.17) is 4.74 Å². The molecule has 0 bridgehead atoms. The fourth-order valence-electron chi connectivity index (χ4n) is 2.19. The molecule has 0 aliphatic rings. The van der Waals surface area contributed by atoms with Crippen LogP contribution in [0.4, 0.5) is 0 Å². The zero-order valence-corrected chi connectivity index (χ0v) is 13.8. The summed E-state index contributed by atoms with van der Waals surface area (Å²) in [5.74, 6) is 2.49. The Morgan fingerprint density at radius 2 is 1.77 bits per heavy atom. The van der Waals surface area contributed by atoms with Gasteiger partial charge in [0.1, 0.15) is 18.2 Å². The summed E-state index contributed by atoms with van der Waals surface area (Å²) < 4.78 is 8.69. The maximum absolute atomic E-state index is 5.76. The van der Waals surface area contributed by atoms with Crippen LogP contribution in [0.3, 0.4) is 0 Å². The molecule has 0 N–H and O–H groups in total. The van der Waals surface area contributed by atoms with Crippen LogP contribution in [-0.2, 0) is 6.54 Å². The van der Waals surface area contributed by atoms with Crippen molar-refractivity contribution in [1.82, 2.24) is 14.8 Å². The summed E-state index contributed by atoms with van der Waals surface area (Å²) >= 11 is 3.41. The molecule has 0 unspecified atom stereocenters. The van der Waals surface area contributed by atoms with Crippen molar-refractivity contribution in [3.63, 3.8) is 0 Å². The predicted molar refractivity (Wildman–Crippen MR) is 89.8 cm³/mol. The van der Waals surface area contributed by atoms with Gasteiger partial charge in [-0.3, -0.25) is 0 Å². The van der Waals surface area contributed by atoms with E-state index in [9.17, 15) is 0 Å². The topological polar surface area (TPSA) is 39.9 Å². The lowest BCUT2D eigenvalue weighted by atomic mass is 10.2. The lowest BCUT2D eigenvalue weighted by molar-refractivity contribution is 0.292. The van der Waals surface area contributed by atoms with Gasteiger partial charge in [0.25, 0.3) is 0 Å². The molecule has 1 heterocycles. The van der Waals surface area contributed by atoms with Gasteiger partial charge in [0, 0.05) is 10.0 Å². The molecule has 0 fully saturated rings. The zero-order chi connectivity index (χ0) is 15.4. The highest BCUT2D eigenvalue weighted by atomic mass is 79.9. The van der Waals surface area contributed by atoms with E-state index in [0.29, 0.717) is 13.2 Å². The van der Waals surface area contributed by atoms with E-state index in [1.807, 2.05) is 66.2 Å². The van der Waals surface area contributed by atoms with Gasteiger partial charge in [-0.25, -0.2) is 9.67 Å². The van der Waals surface area contributed by atoms with Gasteiger partial charge in [-0.15, -0.1) is 0 Å². The van der Waals surface area contributed by atoms with Gasteiger partial charge in [0.15, 0.2) is 5.82 Å². The highest BCUT2D eigenvalue weighted by Crippen LogP contribution is 2.18. The van der Waals surface area contributed by atoms with Crippen LogP contribution in [0.25, 0.3) is 11.4 Å². The maximum atomic E-state index is 5.76. The first-order chi connectivity index (χ1) is 10.7. The molecule has 0 aliphatic carbocycles. The molecule has 3 rings (SSSR count). The molecular formula is C17H16BrN3O. The third-order valence-electron chi connectivity index (χ3n) is 3.20. The number of ether oxygens (including phenoxy) is 1. The van der Waals surface area contributed by atoms with Crippen molar-refractivity contribution in [1.29, 1.82) is 0 Å². The first kappa shape index (κ1) is 14.8. The van der Waals surface area contributed by atoms with E-state index in [2.05, 4.69) is 26.0 Å². The average Bonchev–Trinajstić information content (AvgIpc) is 2.91. The van der Waals surface area contributed by atoms with Gasteiger partial charge < -0.3 is 4.74 Å². The second kappa shape index (κ2) is 6.75. The van der Waals surface area contributed by atoms with Gasteiger partial charge in [0.05, 0.1) is 6.54 Å². The van der Waals surface area contributed by atoms with E-state index in [-0.39, 0.29) is 0 Å². The quantitative estimate of drug-likeness (QED) is 0.690. The van der Waals surface area contributed by atoms with Crippen LogP contribution in [0.2, 0.25) is 0 Å². The van der Waals surface area contributed by atoms with Crippen LogP contribution in [0, 0.1) is 6.92 Å². The zero-order valence-electron chi connectivity index (χ0n) is 12.2. The first-order valence-corrected chi connectivity index (χ1v) is 7.87. The average molecular weight is 358 g/mol. The molecule has 4 nitrogen and oxygen atoms in total. The summed E-state index contributed by atoms with van der Waals surface area (Å²) in [6, 6.07) is 17.9. The number of halogens is 1. The molecular weight excluding hydrogens is 342 g/mol. The number of benzene rings is 2. The molecule has 22 heavy (non-hydrogen) atoms. The van der Waals surface area contributed by atoms with Gasteiger partial charge in [-0.1, -0.05) is 46.3 Å². The number of aryl methyl sites for hydroxylation is 1. The summed E-state index contributed by atoms with van der Waals surface area (Å²) in [4.78, 5) is 4.51. The van der Waals surface area contributed by atoms with Crippen molar-refractivity contribution in [2.45, 2.75) is 13.5 Å². The Bertz CT molecular complexity index is 738. The van der Waals surface area contributed by atoms with Crippen LogP contribution < -0.4 is 4.74 Å². The Labute approximate surface area is 137 Å². The lowest BCUT2D eigenvalue weighted by Crippen LogP contribution is -2.11. The smallest absolute Gasteiger partial charge is 0.158 e. The van der Waals surface area contributed by atoms with Crippen LogP contribution in [0.15, 0.2) is 59.1 Å². The summed E-state index contributed by atoms with van der Waals surface area (Å²) in [5.41, 5.74) is 1.06. The van der Waals surface area contributed by atoms with Crippen molar-refractivity contribution in [2.75, 3.05) is 6.61 Å². The molecule has 0 atom stereocenters. The summed E-state index contributed by atoms with van der Waals surface area (Å²) in [7, 11) is 0. The van der Waals surface area contributed by atoms with E-state index in [1.54, 1.807) is 0 Å². The first-order valence-electron chi connectivity index (χ1n) is 7.07. The molecule has 3 aromatic rings. The molecule has 0 radical (unpaired) electrons. The van der Waals surface area contributed by atoms with Gasteiger partial charge in [0.2, 0.25) is 0 Å². The van der Waals surface area contributed by atoms with Crippen molar-refractivity contribution in [3.05, 3.63) is 64.9 Å². The molecule has 0 aliphatic heterocycles. The van der Waals surface area contributed by atoms with Crippen molar-refractivity contribution in [2.24, 2.45) is 0 Å². The molecule has 112 valence electrons. The summed E-state index contributed by atoms with van der Waals surface area (Å²) in [6.07, 6.45) is 0. The maximum Gasteiger partial charge on any atom is 0.158 e. The van der Waals surface area contributed by atoms with Crippen LogP contribution in [0.5, 0.6) is 5.75 Å². The molecule has 1 aromatic heterocycles. The predicted octanol–water partition coefficient (Wildman–Crippen LogP) is 4.10. The molecule has 0 spiro atoms. The standard InChI is InChI=1S/C17H16BrN3O/c1-13-19-17(14-5-3-2-4-6-14)21(20-13)11-12-22-16-9-7-15(18)8-10-16/h2-10H,11-12H2,1H3. The number of hydrogen-bond acceptors (Lipinski definition) is 3. The number of aromatic nitrogens is 3. The second-order valence-corrected chi connectivity index (χ2v) is 5.79. The number of nitrogens with zero attached hydrogens (tertiary/aromatic N) is 3. The summed E-state index contributed by atoms with van der Waals surface area (Å²) in [5, 5.41) is 4.45. The second-order valence-electron chi connectivity index (χ2n) is 4.87. The normalized spacial score (nSPS) is 10.6. The van der Waals surface area contributed by atoms with E-state index in [0.717, 1.165) is 27.4 Å². The highest BCUT2D eigenvalue weighted by molar-refractivity contribution is 9.10. The Morgan fingerprint density at radius 3 is 2.50 bits per heavy atom. The van der Waals surface area contributed by atoms with Crippen molar-refractivity contribution < 1.29 is 4.74 Å². The Morgan fingerprint density at radius 1 is 1.05 bits per heavy atom. The molecule has 0 amide bonds. The monoisotopic (exact) mass is 357 g/mol. The van der Waals surface area contributed by atoms with Gasteiger partial charge in [-0.2, -0.15) is 5.10 Å². The summed E-state index contributed by atoms with van der Waals surface area (Å²) in [6.45, 7) is 3.10. The highest BCUT2D eigenvalue weighted by Gasteiger charge is 2.09. The van der Waals surface area contributed by atoms with Crippen LogP contribution in [0.1, 0.15) is 5.82 Å². The number of rotatable bonds is 5.